The van der Waals surface area contributed by atoms with Gasteiger partial charge in [-0.3, -0.25) is 4.79 Å². The number of nitrogens with one attached hydrogen (secondary N) is 1. The van der Waals surface area contributed by atoms with Crippen molar-refractivity contribution in [2.24, 2.45) is 5.73 Å². The van der Waals surface area contributed by atoms with Crippen LogP contribution in [0.3, 0.4) is 0 Å². The number of nitrogens with two attached hydrogens (primary N) is 1. The smallest absolute Gasteiger partial charge is 0.407 e. The van der Waals surface area contributed by atoms with E-state index >= 15 is 0 Å². The molecule has 1 atom stereocenters. The summed E-state index contributed by atoms with van der Waals surface area (Å²) in [6.45, 7) is 5.37. The van der Waals surface area contributed by atoms with Crippen LogP contribution in [-0.2, 0) is 20.9 Å². The van der Waals surface area contributed by atoms with E-state index in [0.717, 1.165) is 5.56 Å². The molecular formula is C15H22N2O4. The second-order valence-electron chi connectivity index (χ2n) is 5.58. The zero-order valence-electron chi connectivity index (χ0n) is 12.6. The van der Waals surface area contributed by atoms with Gasteiger partial charge in [0.1, 0.15) is 18.2 Å². The number of benzene rings is 1. The molecule has 6 nitrogen and oxygen atoms in total. The van der Waals surface area contributed by atoms with Crippen LogP contribution in [0.2, 0.25) is 0 Å². The van der Waals surface area contributed by atoms with Crippen molar-refractivity contribution in [3.63, 3.8) is 0 Å². The first-order chi connectivity index (χ1) is 9.78. The zero-order chi connectivity index (χ0) is 15.9. The molecule has 0 saturated heterocycles. The minimum Gasteiger partial charge on any atom is -0.460 e. The summed E-state index contributed by atoms with van der Waals surface area (Å²) in [6, 6.07) is 8.35. The molecule has 0 spiro atoms. The van der Waals surface area contributed by atoms with Crippen LogP contribution in [0.1, 0.15) is 26.3 Å². The first-order valence-corrected chi connectivity index (χ1v) is 6.71. The maximum absolute atomic E-state index is 11.7. The minimum absolute atomic E-state index is 0.0392. The van der Waals surface area contributed by atoms with E-state index in [9.17, 15) is 9.59 Å². The maximum atomic E-state index is 11.7. The molecule has 6 heteroatoms. The van der Waals surface area contributed by atoms with Crippen LogP contribution in [0.4, 0.5) is 4.79 Å². The predicted octanol–water partition coefficient (Wildman–Crippen LogP) is 1.58. The molecule has 0 aromatic heterocycles. The Balaban J connectivity index is 2.30. The van der Waals surface area contributed by atoms with Crippen LogP contribution in [0.25, 0.3) is 0 Å². The summed E-state index contributed by atoms with van der Waals surface area (Å²) in [7, 11) is 0. The SMILES string of the molecule is CC(C)(C)OC(=O)NC[C@H](N)C(=O)OCc1ccccc1. The molecule has 0 radical (unpaired) electrons. The van der Waals surface area contributed by atoms with Gasteiger partial charge in [-0.05, 0) is 26.3 Å². The van der Waals surface area contributed by atoms with Crippen LogP contribution in [0.15, 0.2) is 30.3 Å². The number of hydrogen-bond donors (Lipinski definition) is 2. The number of carbonyl (C=O) groups is 2. The summed E-state index contributed by atoms with van der Waals surface area (Å²) in [6.07, 6.45) is -0.617. The molecule has 0 aliphatic carbocycles. The van der Waals surface area contributed by atoms with Gasteiger partial charge >= 0.3 is 12.1 Å². The maximum Gasteiger partial charge on any atom is 0.407 e. The molecule has 21 heavy (non-hydrogen) atoms. The lowest BCUT2D eigenvalue weighted by Gasteiger charge is -2.20. The molecule has 1 aromatic rings. The highest BCUT2D eigenvalue weighted by atomic mass is 16.6. The quantitative estimate of drug-likeness (QED) is 0.805. The Bertz CT molecular complexity index is 468. The van der Waals surface area contributed by atoms with Crippen molar-refractivity contribution in [3.8, 4) is 0 Å². The van der Waals surface area contributed by atoms with Gasteiger partial charge < -0.3 is 20.5 Å². The monoisotopic (exact) mass is 294 g/mol. The molecule has 0 heterocycles. The van der Waals surface area contributed by atoms with Gasteiger partial charge in [0.05, 0.1) is 0 Å². The molecule has 116 valence electrons. The molecule has 3 N–H and O–H groups in total. The van der Waals surface area contributed by atoms with Crippen LogP contribution >= 0.6 is 0 Å². The summed E-state index contributed by atoms with van der Waals surface area (Å²) >= 11 is 0. The highest BCUT2D eigenvalue weighted by Gasteiger charge is 2.19. The van der Waals surface area contributed by atoms with Crippen LogP contribution in [-0.4, -0.2) is 30.3 Å². The van der Waals surface area contributed by atoms with E-state index < -0.39 is 23.7 Å². The molecular weight excluding hydrogens is 272 g/mol. The Morgan fingerprint density at radius 2 is 1.86 bits per heavy atom. The number of carbonyl (C=O) groups excluding carboxylic acids is 2. The largest absolute Gasteiger partial charge is 0.460 e. The van der Waals surface area contributed by atoms with Crippen LogP contribution < -0.4 is 11.1 Å². The third-order valence-electron chi connectivity index (χ3n) is 2.39. The highest BCUT2D eigenvalue weighted by Crippen LogP contribution is 2.06. The molecule has 0 saturated carbocycles. The third-order valence-corrected chi connectivity index (χ3v) is 2.39. The zero-order valence-corrected chi connectivity index (χ0v) is 12.6. The van der Waals surface area contributed by atoms with E-state index in [-0.39, 0.29) is 13.2 Å². The number of ether oxygens (including phenoxy) is 2. The van der Waals surface area contributed by atoms with Crippen LogP contribution in [0, 0.1) is 0 Å². The fourth-order valence-corrected chi connectivity index (χ4v) is 1.43. The first-order valence-electron chi connectivity index (χ1n) is 6.71. The van der Waals surface area contributed by atoms with E-state index in [0.29, 0.717) is 0 Å². The number of amides is 1. The Hall–Kier alpha value is -2.08. The average molecular weight is 294 g/mol. The van der Waals surface area contributed by atoms with Gasteiger partial charge in [-0.2, -0.15) is 0 Å². The summed E-state index contributed by atoms with van der Waals surface area (Å²) in [5.41, 5.74) is 5.93. The number of esters is 1. The van der Waals surface area contributed by atoms with Gasteiger partial charge in [0.25, 0.3) is 0 Å². The summed E-state index contributed by atoms with van der Waals surface area (Å²) in [5.74, 6) is -0.574. The lowest BCUT2D eigenvalue weighted by Crippen LogP contribution is -2.44. The fourth-order valence-electron chi connectivity index (χ4n) is 1.43. The van der Waals surface area contributed by atoms with E-state index in [4.69, 9.17) is 15.2 Å². The Kier molecular flexibility index (Phi) is 6.17. The van der Waals surface area contributed by atoms with E-state index in [1.165, 1.54) is 0 Å². The lowest BCUT2D eigenvalue weighted by molar-refractivity contribution is -0.146. The molecule has 0 bridgehead atoms. The van der Waals surface area contributed by atoms with Gasteiger partial charge in [0.15, 0.2) is 0 Å². The summed E-state index contributed by atoms with van der Waals surface area (Å²) < 4.78 is 10.1. The number of rotatable bonds is 5. The lowest BCUT2D eigenvalue weighted by atomic mass is 10.2. The molecule has 0 fully saturated rings. The van der Waals surface area contributed by atoms with Crippen LogP contribution in [0.5, 0.6) is 0 Å². The first kappa shape index (κ1) is 17.0. The second-order valence-corrected chi connectivity index (χ2v) is 5.58. The highest BCUT2D eigenvalue weighted by molar-refractivity contribution is 5.77. The van der Waals surface area contributed by atoms with Gasteiger partial charge in [-0.1, -0.05) is 30.3 Å². The Morgan fingerprint density at radius 1 is 1.24 bits per heavy atom. The third kappa shape index (κ3) is 7.31. The molecule has 0 aliphatic rings. The normalized spacial score (nSPS) is 12.4. The minimum atomic E-state index is -0.929. The average Bonchev–Trinajstić information content (AvgIpc) is 2.41. The fraction of sp³-hybridized carbons (Fsp3) is 0.467. The molecule has 0 aliphatic heterocycles. The van der Waals surface area contributed by atoms with Gasteiger partial charge in [-0.15, -0.1) is 0 Å². The van der Waals surface area contributed by atoms with E-state index in [2.05, 4.69) is 5.32 Å². The Morgan fingerprint density at radius 3 is 2.43 bits per heavy atom. The summed E-state index contributed by atoms with van der Waals surface area (Å²) in [4.78, 5) is 23.1. The molecule has 0 unspecified atom stereocenters. The van der Waals surface area contributed by atoms with Gasteiger partial charge in [-0.25, -0.2) is 4.79 Å². The van der Waals surface area contributed by atoms with Gasteiger partial charge in [0.2, 0.25) is 0 Å². The topological polar surface area (TPSA) is 90.6 Å². The van der Waals surface area contributed by atoms with Crippen molar-refractivity contribution in [2.75, 3.05) is 6.54 Å². The summed E-state index contributed by atoms with van der Waals surface area (Å²) in [5, 5.41) is 2.43. The number of hydrogen-bond acceptors (Lipinski definition) is 5. The van der Waals surface area contributed by atoms with Crippen molar-refractivity contribution < 1.29 is 19.1 Å². The van der Waals surface area contributed by atoms with Crippen molar-refractivity contribution in [1.29, 1.82) is 0 Å². The van der Waals surface area contributed by atoms with Gasteiger partial charge in [0, 0.05) is 6.54 Å². The second kappa shape index (κ2) is 7.64. The predicted molar refractivity (Wildman–Crippen MR) is 78.5 cm³/mol. The van der Waals surface area contributed by atoms with Crippen molar-refractivity contribution >= 4 is 12.1 Å². The molecule has 1 rings (SSSR count). The van der Waals surface area contributed by atoms with Crippen molar-refractivity contribution in [1.82, 2.24) is 5.32 Å². The van der Waals surface area contributed by atoms with Crippen molar-refractivity contribution in [2.45, 2.75) is 39.0 Å². The number of alkyl carbamates (subject to hydrolysis) is 1. The Labute approximate surface area is 124 Å². The standard InChI is InChI=1S/C15H22N2O4/c1-15(2,3)21-14(19)17-9-12(16)13(18)20-10-11-7-5-4-6-8-11/h4-8,12H,9-10,16H2,1-3H3,(H,17,19)/t12-/m0/s1. The van der Waals surface area contributed by atoms with E-state index in [1.54, 1.807) is 20.8 Å². The molecule has 1 amide bonds. The van der Waals surface area contributed by atoms with Crippen molar-refractivity contribution in [3.05, 3.63) is 35.9 Å². The van der Waals surface area contributed by atoms with E-state index in [1.807, 2.05) is 30.3 Å². The molecule has 1 aromatic carbocycles.